The van der Waals surface area contributed by atoms with Crippen molar-refractivity contribution < 1.29 is 9.53 Å². The molecule has 1 saturated carbocycles. The fourth-order valence-electron chi connectivity index (χ4n) is 2.86. The summed E-state index contributed by atoms with van der Waals surface area (Å²) in [6, 6.07) is 0.671. The number of ketones is 1. The maximum atomic E-state index is 11.2. The number of hydrogen-bond acceptors (Lipinski definition) is 3. The fourth-order valence-corrected chi connectivity index (χ4v) is 2.86. The quantitative estimate of drug-likeness (QED) is 0.708. The van der Waals surface area contributed by atoms with E-state index in [0.29, 0.717) is 17.7 Å². The van der Waals surface area contributed by atoms with Crippen LogP contribution in [0.15, 0.2) is 0 Å². The van der Waals surface area contributed by atoms with Gasteiger partial charge in [0.2, 0.25) is 0 Å². The van der Waals surface area contributed by atoms with Crippen LogP contribution in [-0.4, -0.2) is 43.5 Å². The van der Waals surface area contributed by atoms with Crippen molar-refractivity contribution in [1.82, 2.24) is 4.90 Å². The van der Waals surface area contributed by atoms with E-state index < -0.39 is 0 Å². The highest BCUT2D eigenvalue weighted by atomic mass is 16.5. The van der Waals surface area contributed by atoms with E-state index in [0.717, 1.165) is 32.3 Å². The van der Waals surface area contributed by atoms with Crippen molar-refractivity contribution in [2.24, 2.45) is 5.92 Å². The first-order valence-electron chi connectivity index (χ1n) is 6.04. The van der Waals surface area contributed by atoms with Crippen molar-refractivity contribution in [3.05, 3.63) is 0 Å². The minimum absolute atomic E-state index is 0.457. The van der Waals surface area contributed by atoms with Crippen LogP contribution in [0.5, 0.6) is 0 Å². The Kier molecular flexibility index (Phi) is 3.76. The van der Waals surface area contributed by atoms with Crippen molar-refractivity contribution in [1.29, 1.82) is 0 Å². The Bertz CT molecular complexity index is 220. The third kappa shape index (κ3) is 2.79. The number of methoxy groups -OCH3 is 1. The lowest BCUT2D eigenvalue weighted by Gasteiger charge is -2.30. The second-order valence-electron chi connectivity index (χ2n) is 4.87. The Balaban J connectivity index is 1.78. The number of carbonyl (C=O) groups excluding carboxylic acids is 1. The summed E-state index contributed by atoms with van der Waals surface area (Å²) in [6.07, 6.45) is 5.03. The average molecular weight is 211 g/mol. The highest BCUT2D eigenvalue weighted by Gasteiger charge is 2.30. The molecular weight excluding hydrogens is 190 g/mol. The van der Waals surface area contributed by atoms with Crippen LogP contribution >= 0.6 is 0 Å². The zero-order valence-electron chi connectivity index (χ0n) is 9.58. The van der Waals surface area contributed by atoms with Crippen molar-refractivity contribution in [3.8, 4) is 0 Å². The third-order valence-electron chi connectivity index (χ3n) is 3.75. The molecule has 3 nitrogen and oxygen atoms in total. The number of ether oxygens (including phenoxy) is 1. The molecule has 2 fully saturated rings. The second-order valence-corrected chi connectivity index (χ2v) is 4.87. The van der Waals surface area contributed by atoms with Crippen molar-refractivity contribution >= 4 is 5.78 Å². The number of nitrogens with zero attached hydrogens (tertiary/aromatic N) is 1. The van der Waals surface area contributed by atoms with E-state index in [1.54, 1.807) is 7.11 Å². The van der Waals surface area contributed by atoms with Gasteiger partial charge < -0.3 is 4.74 Å². The largest absolute Gasteiger partial charge is 0.384 e. The fraction of sp³-hybridized carbons (Fsp3) is 0.917. The molecule has 0 bridgehead atoms. The molecule has 0 spiro atoms. The lowest BCUT2D eigenvalue weighted by Crippen LogP contribution is -2.36. The van der Waals surface area contributed by atoms with Gasteiger partial charge in [-0.2, -0.15) is 0 Å². The van der Waals surface area contributed by atoms with Crippen LogP contribution in [0.1, 0.15) is 32.1 Å². The highest BCUT2D eigenvalue weighted by Crippen LogP contribution is 2.26. The first kappa shape index (κ1) is 11.1. The highest BCUT2D eigenvalue weighted by molar-refractivity contribution is 5.79. The predicted octanol–water partition coefficient (Wildman–Crippen LogP) is 1.47. The molecule has 0 aromatic heterocycles. The van der Waals surface area contributed by atoms with Gasteiger partial charge in [-0.15, -0.1) is 0 Å². The lowest BCUT2D eigenvalue weighted by molar-refractivity contribution is -0.121. The molecule has 1 atom stereocenters. The van der Waals surface area contributed by atoms with Gasteiger partial charge >= 0.3 is 0 Å². The molecule has 2 rings (SSSR count). The van der Waals surface area contributed by atoms with Crippen LogP contribution in [0.25, 0.3) is 0 Å². The molecule has 0 aromatic rings. The summed E-state index contributed by atoms with van der Waals surface area (Å²) < 4.78 is 5.20. The summed E-state index contributed by atoms with van der Waals surface area (Å²) in [5, 5.41) is 0. The van der Waals surface area contributed by atoms with E-state index in [1.807, 2.05) is 0 Å². The molecule has 1 saturated heterocycles. The molecule has 0 N–H and O–H groups in total. The molecule has 0 radical (unpaired) electrons. The number of hydrogen-bond donors (Lipinski definition) is 0. The lowest BCUT2D eigenvalue weighted by atomic mass is 9.93. The molecule has 1 heterocycles. The molecule has 0 aromatic carbocycles. The number of rotatable bonds is 3. The minimum Gasteiger partial charge on any atom is -0.384 e. The molecule has 1 aliphatic carbocycles. The zero-order valence-corrected chi connectivity index (χ0v) is 9.58. The van der Waals surface area contributed by atoms with Gasteiger partial charge in [-0.25, -0.2) is 0 Å². The minimum atomic E-state index is 0.457. The molecule has 15 heavy (non-hydrogen) atoms. The monoisotopic (exact) mass is 211 g/mol. The van der Waals surface area contributed by atoms with Gasteiger partial charge in [0.15, 0.2) is 0 Å². The van der Waals surface area contributed by atoms with Gasteiger partial charge in [-0.05, 0) is 31.7 Å². The predicted molar refractivity (Wildman–Crippen MR) is 58.8 cm³/mol. The first-order chi connectivity index (χ1) is 7.29. The molecule has 1 unspecified atom stereocenters. The Morgan fingerprint density at radius 2 is 2.07 bits per heavy atom. The van der Waals surface area contributed by atoms with Crippen LogP contribution in [0.2, 0.25) is 0 Å². The van der Waals surface area contributed by atoms with Gasteiger partial charge in [0.05, 0.1) is 6.61 Å². The van der Waals surface area contributed by atoms with Gasteiger partial charge in [0.25, 0.3) is 0 Å². The molecule has 1 aliphatic heterocycles. The standard InChI is InChI=1S/C12H21NO2/c1-15-9-10-6-7-13(8-10)11-2-4-12(14)5-3-11/h10-11H,2-9H2,1H3. The normalized spacial score (nSPS) is 29.9. The summed E-state index contributed by atoms with van der Waals surface area (Å²) in [4.78, 5) is 13.7. The SMILES string of the molecule is COCC1CCN(C2CCC(=O)CC2)C1. The van der Waals surface area contributed by atoms with Crippen LogP contribution in [-0.2, 0) is 9.53 Å². The van der Waals surface area contributed by atoms with E-state index in [9.17, 15) is 4.79 Å². The van der Waals surface area contributed by atoms with E-state index in [-0.39, 0.29) is 0 Å². The summed E-state index contributed by atoms with van der Waals surface area (Å²) in [7, 11) is 1.78. The first-order valence-corrected chi connectivity index (χ1v) is 6.04. The van der Waals surface area contributed by atoms with Crippen LogP contribution in [0.4, 0.5) is 0 Å². The van der Waals surface area contributed by atoms with Gasteiger partial charge in [-0.3, -0.25) is 9.69 Å². The number of likely N-dealkylation sites (tertiary alicyclic amines) is 1. The van der Waals surface area contributed by atoms with Gasteiger partial charge in [-0.1, -0.05) is 0 Å². The molecule has 0 amide bonds. The molecule has 2 aliphatic rings. The Labute approximate surface area is 91.8 Å². The van der Waals surface area contributed by atoms with Crippen LogP contribution < -0.4 is 0 Å². The summed E-state index contributed by atoms with van der Waals surface area (Å²) in [6.45, 7) is 3.27. The van der Waals surface area contributed by atoms with Gasteiger partial charge in [0.1, 0.15) is 5.78 Å². The molecular formula is C12H21NO2. The van der Waals surface area contributed by atoms with Crippen LogP contribution in [0.3, 0.4) is 0 Å². The van der Waals surface area contributed by atoms with Crippen molar-refractivity contribution in [2.75, 3.05) is 26.8 Å². The third-order valence-corrected chi connectivity index (χ3v) is 3.75. The summed E-state index contributed by atoms with van der Waals surface area (Å²) >= 11 is 0. The second kappa shape index (κ2) is 5.08. The van der Waals surface area contributed by atoms with E-state index in [4.69, 9.17) is 4.74 Å². The maximum absolute atomic E-state index is 11.2. The smallest absolute Gasteiger partial charge is 0.133 e. The summed E-state index contributed by atoms with van der Waals surface area (Å²) in [5.41, 5.74) is 0. The maximum Gasteiger partial charge on any atom is 0.133 e. The summed E-state index contributed by atoms with van der Waals surface area (Å²) in [5.74, 6) is 1.17. The van der Waals surface area contributed by atoms with E-state index >= 15 is 0 Å². The topological polar surface area (TPSA) is 29.5 Å². The average Bonchev–Trinajstić information content (AvgIpc) is 2.68. The van der Waals surface area contributed by atoms with Crippen molar-refractivity contribution in [3.63, 3.8) is 0 Å². The number of carbonyl (C=O) groups is 1. The Morgan fingerprint density at radius 1 is 1.33 bits per heavy atom. The van der Waals surface area contributed by atoms with Gasteiger partial charge in [0, 0.05) is 32.5 Å². The van der Waals surface area contributed by atoms with E-state index in [2.05, 4.69) is 4.90 Å². The number of Topliss-reactive ketones (excluding diaryl/α,β-unsaturated/α-hetero) is 1. The molecule has 3 heteroatoms. The van der Waals surface area contributed by atoms with E-state index in [1.165, 1.54) is 19.5 Å². The van der Waals surface area contributed by atoms with Crippen LogP contribution in [0, 0.1) is 5.92 Å². The Morgan fingerprint density at radius 3 is 2.73 bits per heavy atom. The van der Waals surface area contributed by atoms with Crippen molar-refractivity contribution in [2.45, 2.75) is 38.1 Å². The molecule has 86 valence electrons. The zero-order chi connectivity index (χ0) is 10.7. The Hall–Kier alpha value is -0.410.